The first kappa shape index (κ1) is 10.9. The van der Waals surface area contributed by atoms with Crippen LogP contribution in [-0.4, -0.2) is 24.2 Å². The third kappa shape index (κ3) is 2.03. The summed E-state index contributed by atoms with van der Waals surface area (Å²) in [5, 5.41) is 3.12. The van der Waals surface area contributed by atoms with Crippen molar-refractivity contribution in [2.45, 2.75) is 52.2 Å². The van der Waals surface area contributed by atoms with Crippen LogP contribution in [0.3, 0.4) is 0 Å². The van der Waals surface area contributed by atoms with E-state index in [1.165, 1.54) is 0 Å². The molecule has 0 aromatic carbocycles. The highest BCUT2D eigenvalue weighted by molar-refractivity contribution is 5.82. The molecule has 1 unspecified atom stereocenters. The SMILES string of the molecule is CC1(C)OCCC1NC(=O)[C@H]1CC1(C)C. The fourth-order valence-corrected chi connectivity index (χ4v) is 2.32. The first-order valence-corrected chi connectivity index (χ1v) is 5.77. The first-order valence-electron chi connectivity index (χ1n) is 5.77. The molecule has 0 spiro atoms. The number of carbonyl (C=O) groups is 1. The van der Waals surface area contributed by atoms with Crippen molar-refractivity contribution in [2.24, 2.45) is 11.3 Å². The Bertz CT molecular complexity index is 283. The Kier molecular flexibility index (Phi) is 2.34. The van der Waals surface area contributed by atoms with Crippen LogP contribution in [0.15, 0.2) is 0 Å². The molecule has 3 nitrogen and oxygen atoms in total. The zero-order valence-corrected chi connectivity index (χ0v) is 10.1. The molecule has 1 heterocycles. The summed E-state index contributed by atoms with van der Waals surface area (Å²) < 4.78 is 5.59. The number of amides is 1. The van der Waals surface area contributed by atoms with Crippen LogP contribution in [0.1, 0.15) is 40.5 Å². The quantitative estimate of drug-likeness (QED) is 0.755. The fraction of sp³-hybridized carbons (Fsp3) is 0.917. The van der Waals surface area contributed by atoms with E-state index in [0.29, 0.717) is 0 Å². The van der Waals surface area contributed by atoms with E-state index < -0.39 is 0 Å². The molecule has 1 N–H and O–H groups in total. The van der Waals surface area contributed by atoms with Crippen LogP contribution >= 0.6 is 0 Å². The van der Waals surface area contributed by atoms with Gasteiger partial charge in [0.05, 0.1) is 11.6 Å². The maximum absolute atomic E-state index is 11.9. The number of rotatable bonds is 2. The molecule has 0 bridgehead atoms. The molecule has 2 rings (SSSR count). The molecule has 0 radical (unpaired) electrons. The van der Waals surface area contributed by atoms with Crippen molar-refractivity contribution in [3.63, 3.8) is 0 Å². The smallest absolute Gasteiger partial charge is 0.223 e. The number of carbonyl (C=O) groups excluding carboxylic acids is 1. The second kappa shape index (κ2) is 3.21. The lowest BCUT2D eigenvalue weighted by molar-refractivity contribution is -0.124. The molecule has 1 saturated heterocycles. The number of hydrogen-bond acceptors (Lipinski definition) is 2. The summed E-state index contributed by atoms with van der Waals surface area (Å²) in [6.07, 6.45) is 1.96. The molecule has 15 heavy (non-hydrogen) atoms. The van der Waals surface area contributed by atoms with Crippen molar-refractivity contribution in [1.29, 1.82) is 0 Å². The van der Waals surface area contributed by atoms with Crippen LogP contribution in [0.4, 0.5) is 0 Å². The molecule has 0 aromatic rings. The summed E-state index contributed by atoms with van der Waals surface area (Å²) in [7, 11) is 0. The largest absolute Gasteiger partial charge is 0.373 e. The van der Waals surface area contributed by atoms with Crippen molar-refractivity contribution in [2.75, 3.05) is 6.61 Å². The van der Waals surface area contributed by atoms with Gasteiger partial charge in [0.2, 0.25) is 5.91 Å². The lowest BCUT2D eigenvalue weighted by atomic mass is 9.98. The normalized spacial score (nSPS) is 36.3. The molecule has 3 heteroatoms. The van der Waals surface area contributed by atoms with Gasteiger partial charge in [0.1, 0.15) is 0 Å². The van der Waals surface area contributed by atoms with E-state index in [0.717, 1.165) is 19.4 Å². The Morgan fingerprint density at radius 1 is 1.33 bits per heavy atom. The summed E-state index contributed by atoms with van der Waals surface area (Å²) in [6, 6.07) is 0.182. The topological polar surface area (TPSA) is 38.3 Å². The standard InChI is InChI=1S/C12H21NO2/c1-11(2)7-8(11)10(14)13-9-5-6-15-12(9,3)4/h8-9H,5-7H2,1-4H3,(H,13,14)/t8-,9?/m1/s1. The van der Waals surface area contributed by atoms with Crippen molar-refractivity contribution in [3.05, 3.63) is 0 Å². The zero-order valence-electron chi connectivity index (χ0n) is 10.1. The maximum atomic E-state index is 11.9. The van der Waals surface area contributed by atoms with Crippen molar-refractivity contribution in [1.82, 2.24) is 5.32 Å². The second-order valence-corrected chi connectivity index (χ2v) is 6.05. The van der Waals surface area contributed by atoms with Gasteiger partial charge in [-0.15, -0.1) is 0 Å². The summed E-state index contributed by atoms with van der Waals surface area (Å²) >= 11 is 0. The molecule has 2 fully saturated rings. The molecular formula is C12H21NO2. The van der Waals surface area contributed by atoms with Gasteiger partial charge in [0.15, 0.2) is 0 Å². The Morgan fingerprint density at radius 3 is 2.33 bits per heavy atom. The maximum Gasteiger partial charge on any atom is 0.223 e. The van der Waals surface area contributed by atoms with E-state index in [4.69, 9.17) is 4.74 Å². The molecule has 2 aliphatic rings. The lowest BCUT2D eigenvalue weighted by Gasteiger charge is -2.26. The van der Waals surface area contributed by atoms with Crippen molar-refractivity contribution < 1.29 is 9.53 Å². The average Bonchev–Trinajstić information content (AvgIpc) is 2.60. The molecule has 1 amide bonds. The Labute approximate surface area is 91.6 Å². The molecular weight excluding hydrogens is 190 g/mol. The van der Waals surface area contributed by atoms with Gasteiger partial charge in [-0.25, -0.2) is 0 Å². The van der Waals surface area contributed by atoms with E-state index in [1.54, 1.807) is 0 Å². The number of hydrogen-bond donors (Lipinski definition) is 1. The Morgan fingerprint density at radius 2 is 1.93 bits per heavy atom. The highest BCUT2D eigenvalue weighted by Crippen LogP contribution is 2.51. The average molecular weight is 211 g/mol. The van der Waals surface area contributed by atoms with E-state index in [9.17, 15) is 4.79 Å². The number of ether oxygens (including phenoxy) is 1. The van der Waals surface area contributed by atoms with Gasteiger partial charge in [-0.2, -0.15) is 0 Å². The third-order valence-corrected chi connectivity index (χ3v) is 3.87. The van der Waals surface area contributed by atoms with Crippen LogP contribution in [0.25, 0.3) is 0 Å². The predicted octanol–water partition coefficient (Wildman–Crippen LogP) is 1.72. The molecule has 86 valence electrons. The van der Waals surface area contributed by atoms with Gasteiger partial charge in [-0.05, 0) is 32.1 Å². The second-order valence-electron chi connectivity index (χ2n) is 6.05. The van der Waals surface area contributed by atoms with E-state index >= 15 is 0 Å². The van der Waals surface area contributed by atoms with Crippen LogP contribution in [0, 0.1) is 11.3 Å². The summed E-state index contributed by atoms with van der Waals surface area (Å²) in [6.45, 7) is 9.14. The summed E-state index contributed by atoms with van der Waals surface area (Å²) in [5.41, 5.74) is 0.0163. The minimum Gasteiger partial charge on any atom is -0.373 e. The van der Waals surface area contributed by atoms with Crippen molar-refractivity contribution in [3.8, 4) is 0 Å². The van der Waals surface area contributed by atoms with Crippen LogP contribution in [-0.2, 0) is 9.53 Å². The minimum absolute atomic E-state index is 0.182. The molecule has 1 saturated carbocycles. The Balaban J connectivity index is 1.90. The number of nitrogens with one attached hydrogen (secondary N) is 1. The highest BCUT2D eigenvalue weighted by Gasteiger charge is 2.51. The zero-order chi connectivity index (χ0) is 11.3. The molecule has 0 aromatic heterocycles. The fourth-order valence-electron chi connectivity index (χ4n) is 2.32. The third-order valence-electron chi connectivity index (χ3n) is 3.87. The van der Waals surface area contributed by atoms with Gasteiger partial charge < -0.3 is 10.1 Å². The summed E-state index contributed by atoms with van der Waals surface area (Å²) in [4.78, 5) is 11.9. The Hall–Kier alpha value is -0.570. The van der Waals surface area contributed by atoms with Gasteiger partial charge in [0, 0.05) is 12.5 Å². The van der Waals surface area contributed by atoms with Crippen LogP contribution in [0.5, 0.6) is 0 Å². The van der Waals surface area contributed by atoms with Gasteiger partial charge >= 0.3 is 0 Å². The van der Waals surface area contributed by atoms with E-state index in [2.05, 4.69) is 19.2 Å². The molecule has 1 aliphatic carbocycles. The van der Waals surface area contributed by atoms with Crippen molar-refractivity contribution >= 4 is 5.91 Å². The molecule has 2 atom stereocenters. The van der Waals surface area contributed by atoms with Gasteiger partial charge in [0.25, 0.3) is 0 Å². The minimum atomic E-state index is -0.200. The lowest BCUT2D eigenvalue weighted by Crippen LogP contribution is -2.47. The first-order chi connectivity index (χ1) is 6.83. The van der Waals surface area contributed by atoms with Crippen LogP contribution in [0.2, 0.25) is 0 Å². The summed E-state index contributed by atoms with van der Waals surface area (Å²) in [5.74, 6) is 0.428. The van der Waals surface area contributed by atoms with E-state index in [-0.39, 0.29) is 28.9 Å². The van der Waals surface area contributed by atoms with Crippen LogP contribution < -0.4 is 5.32 Å². The van der Waals surface area contributed by atoms with Gasteiger partial charge in [-0.1, -0.05) is 13.8 Å². The molecule has 1 aliphatic heterocycles. The monoisotopic (exact) mass is 211 g/mol. The predicted molar refractivity (Wildman–Crippen MR) is 58.5 cm³/mol. The van der Waals surface area contributed by atoms with Gasteiger partial charge in [-0.3, -0.25) is 4.79 Å². The highest BCUT2D eigenvalue weighted by atomic mass is 16.5. The van der Waals surface area contributed by atoms with E-state index in [1.807, 2.05) is 13.8 Å².